The minimum absolute atomic E-state index is 0.0541. The Kier molecular flexibility index (Phi) is 2.07. The van der Waals surface area contributed by atoms with Crippen LogP contribution >= 0.6 is 15.9 Å². The van der Waals surface area contributed by atoms with Crippen molar-refractivity contribution in [1.29, 1.82) is 0 Å². The predicted octanol–water partition coefficient (Wildman–Crippen LogP) is 2.62. The molecule has 0 saturated heterocycles. The molecule has 1 aromatic rings. The Morgan fingerprint density at radius 3 is 3.17 bits per heavy atom. The van der Waals surface area contributed by atoms with E-state index in [0.29, 0.717) is 6.61 Å². The van der Waals surface area contributed by atoms with Gasteiger partial charge in [-0.05, 0) is 23.3 Å². The van der Waals surface area contributed by atoms with Gasteiger partial charge in [-0.1, -0.05) is 22.0 Å². The summed E-state index contributed by atoms with van der Waals surface area (Å²) in [6.45, 7) is 0.669. The molecule has 1 aromatic carbocycles. The monoisotopic (exact) mass is 228 g/mol. The second kappa shape index (κ2) is 3.07. The first kappa shape index (κ1) is 8.08. The van der Waals surface area contributed by atoms with Gasteiger partial charge in [-0.25, -0.2) is 0 Å². The highest BCUT2D eigenvalue weighted by Gasteiger charge is 2.20. The van der Waals surface area contributed by atoms with Gasteiger partial charge in [0, 0.05) is 0 Å². The summed E-state index contributed by atoms with van der Waals surface area (Å²) in [6, 6.07) is 5.99. The van der Waals surface area contributed by atoms with Gasteiger partial charge in [-0.2, -0.15) is 0 Å². The molecule has 0 saturated carbocycles. The summed E-state index contributed by atoms with van der Waals surface area (Å²) in [4.78, 5) is 0. The molecule has 1 unspecified atom stereocenters. The van der Waals surface area contributed by atoms with E-state index in [-0.39, 0.29) is 5.01 Å². The number of methoxy groups -OCH3 is 1. The quantitative estimate of drug-likeness (QED) is 0.689. The topological polar surface area (TPSA) is 18.5 Å². The maximum absolute atomic E-state index is 5.38. The van der Waals surface area contributed by atoms with E-state index in [9.17, 15) is 0 Å². The molecule has 12 heavy (non-hydrogen) atoms. The lowest BCUT2D eigenvalue weighted by molar-refractivity contribution is 0.131. The van der Waals surface area contributed by atoms with Crippen molar-refractivity contribution < 1.29 is 9.47 Å². The SMILES string of the molecule is COc1ccc2c(c1)COC2Br. The lowest BCUT2D eigenvalue weighted by atomic mass is 10.1. The number of ether oxygens (including phenoxy) is 2. The third-order valence-electron chi connectivity index (χ3n) is 1.98. The molecule has 1 atom stereocenters. The summed E-state index contributed by atoms with van der Waals surface area (Å²) in [7, 11) is 1.67. The van der Waals surface area contributed by atoms with Crippen molar-refractivity contribution in [2.24, 2.45) is 0 Å². The first-order chi connectivity index (χ1) is 5.81. The number of benzene rings is 1. The molecule has 2 nitrogen and oxygen atoms in total. The van der Waals surface area contributed by atoms with E-state index in [1.807, 2.05) is 18.2 Å². The zero-order valence-corrected chi connectivity index (χ0v) is 8.30. The maximum Gasteiger partial charge on any atom is 0.138 e. The number of rotatable bonds is 1. The molecule has 0 radical (unpaired) electrons. The van der Waals surface area contributed by atoms with E-state index in [0.717, 1.165) is 5.75 Å². The fourth-order valence-corrected chi connectivity index (χ4v) is 1.89. The summed E-state index contributed by atoms with van der Waals surface area (Å²) in [6.07, 6.45) is 0. The third kappa shape index (κ3) is 1.23. The van der Waals surface area contributed by atoms with Crippen LogP contribution in [0, 0.1) is 0 Å². The van der Waals surface area contributed by atoms with Crippen molar-refractivity contribution in [3.8, 4) is 5.75 Å². The Hall–Kier alpha value is -0.540. The van der Waals surface area contributed by atoms with Crippen molar-refractivity contribution in [3.05, 3.63) is 29.3 Å². The van der Waals surface area contributed by atoms with Gasteiger partial charge in [-0.3, -0.25) is 0 Å². The fraction of sp³-hybridized carbons (Fsp3) is 0.333. The lowest BCUT2D eigenvalue weighted by Crippen LogP contribution is -1.87. The van der Waals surface area contributed by atoms with E-state index in [1.54, 1.807) is 7.11 Å². The van der Waals surface area contributed by atoms with Crippen LogP contribution in [-0.2, 0) is 11.3 Å². The number of halogens is 1. The van der Waals surface area contributed by atoms with E-state index in [1.165, 1.54) is 11.1 Å². The molecule has 1 heterocycles. The molecule has 1 aliphatic rings. The molecule has 0 spiro atoms. The van der Waals surface area contributed by atoms with Crippen LogP contribution in [0.4, 0.5) is 0 Å². The molecule has 0 fully saturated rings. The molecular formula is C9H9BrO2. The summed E-state index contributed by atoms with van der Waals surface area (Å²) < 4.78 is 10.5. The van der Waals surface area contributed by atoms with E-state index in [2.05, 4.69) is 15.9 Å². The number of fused-ring (bicyclic) bond motifs is 1. The van der Waals surface area contributed by atoms with Gasteiger partial charge < -0.3 is 9.47 Å². The van der Waals surface area contributed by atoms with E-state index in [4.69, 9.17) is 9.47 Å². The van der Waals surface area contributed by atoms with Crippen LogP contribution in [0.3, 0.4) is 0 Å². The Balaban J connectivity index is 2.41. The van der Waals surface area contributed by atoms with Crippen molar-refractivity contribution in [1.82, 2.24) is 0 Å². The van der Waals surface area contributed by atoms with Crippen LogP contribution in [0.1, 0.15) is 16.1 Å². The van der Waals surface area contributed by atoms with Gasteiger partial charge in [0.05, 0.1) is 13.7 Å². The normalized spacial score (nSPS) is 20.7. The zero-order valence-electron chi connectivity index (χ0n) is 6.71. The van der Waals surface area contributed by atoms with E-state index >= 15 is 0 Å². The van der Waals surface area contributed by atoms with E-state index < -0.39 is 0 Å². The molecule has 0 aromatic heterocycles. The Morgan fingerprint density at radius 2 is 2.42 bits per heavy atom. The van der Waals surface area contributed by atoms with Gasteiger partial charge in [0.2, 0.25) is 0 Å². The minimum Gasteiger partial charge on any atom is -0.497 e. The van der Waals surface area contributed by atoms with Gasteiger partial charge in [0.25, 0.3) is 0 Å². The van der Waals surface area contributed by atoms with Gasteiger partial charge in [0.15, 0.2) is 0 Å². The van der Waals surface area contributed by atoms with Crippen LogP contribution in [0.2, 0.25) is 0 Å². The molecule has 3 heteroatoms. The van der Waals surface area contributed by atoms with Crippen LogP contribution in [-0.4, -0.2) is 7.11 Å². The largest absolute Gasteiger partial charge is 0.497 e. The number of hydrogen-bond donors (Lipinski definition) is 0. The zero-order chi connectivity index (χ0) is 8.55. The molecule has 64 valence electrons. The highest BCUT2D eigenvalue weighted by molar-refractivity contribution is 9.09. The molecule has 2 rings (SSSR count). The Labute approximate surface area is 79.6 Å². The number of alkyl halides is 1. The predicted molar refractivity (Wildman–Crippen MR) is 49.5 cm³/mol. The number of hydrogen-bond acceptors (Lipinski definition) is 2. The smallest absolute Gasteiger partial charge is 0.138 e. The van der Waals surface area contributed by atoms with Crippen LogP contribution < -0.4 is 4.74 Å². The lowest BCUT2D eigenvalue weighted by Gasteiger charge is -2.03. The molecule has 0 amide bonds. The van der Waals surface area contributed by atoms with Crippen molar-refractivity contribution in [3.63, 3.8) is 0 Å². The highest BCUT2D eigenvalue weighted by Crippen LogP contribution is 2.36. The van der Waals surface area contributed by atoms with Gasteiger partial charge >= 0.3 is 0 Å². The van der Waals surface area contributed by atoms with Gasteiger partial charge in [0.1, 0.15) is 10.8 Å². The first-order valence-corrected chi connectivity index (χ1v) is 4.65. The van der Waals surface area contributed by atoms with Gasteiger partial charge in [-0.15, -0.1) is 0 Å². The minimum atomic E-state index is 0.0541. The molecule has 0 bridgehead atoms. The Bertz CT molecular complexity index is 299. The van der Waals surface area contributed by atoms with Crippen LogP contribution in [0.25, 0.3) is 0 Å². The summed E-state index contributed by atoms with van der Waals surface area (Å²) in [5, 5.41) is 0.0541. The molecule has 0 N–H and O–H groups in total. The standard InChI is InChI=1S/C9H9BrO2/c1-11-7-2-3-8-6(4-7)5-12-9(8)10/h2-4,9H,5H2,1H3. The van der Waals surface area contributed by atoms with Crippen LogP contribution in [0.15, 0.2) is 18.2 Å². The maximum atomic E-state index is 5.38. The summed E-state index contributed by atoms with van der Waals surface area (Å²) in [5.74, 6) is 0.888. The molecule has 1 aliphatic heterocycles. The second-order valence-electron chi connectivity index (χ2n) is 2.69. The average Bonchev–Trinajstić information content (AvgIpc) is 2.47. The Morgan fingerprint density at radius 1 is 1.58 bits per heavy atom. The van der Waals surface area contributed by atoms with Crippen molar-refractivity contribution in [2.75, 3.05) is 7.11 Å². The summed E-state index contributed by atoms with van der Waals surface area (Å²) >= 11 is 3.42. The summed E-state index contributed by atoms with van der Waals surface area (Å²) in [5.41, 5.74) is 2.41. The second-order valence-corrected chi connectivity index (χ2v) is 3.52. The first-order valence-electron chi connectivity index (χ1n) is 3.74. The fourth-order valence-electron chi connectivity index (χ4n) is 1.31. The third-order valence-corrected chi connectivity index (χ3v) is 2.74. The average molecular weight is 229 g/mol. The molecular weight excluding hydrogens is 220 g/mol. The van der Waals surface area contributed by atoms with Crippen molar-refractivity contribution in [2.45, 2.75) is 11.6 Å². The highest BCUT2D eigenvalue weighted by atomic mass is 79.9. The van der Waals surface area contributed by atoms with Crippen LogP contribution in [0.5, 0.6) is 5.75 Å². The molecule has 0 aliphatic carbocycles. The van der Waals surface area contributed by atoms with Crippen molar-refractivity contribution >= 4 is 15.9 Å².